The van der Waals surface area contributed by atoms with Crippen LogP contribution in [0, 0.1) is 0 Å². The van der Waals surface area contributed by atoms with Crippen molar-refractivity contribution < 1.29 is 9.53 Å². The number of nitrogens with zero attached hydrogens (tertiary/aromatic N) is 1. The molecule has 1 aliphatic rings. The number of ether oxygens (including phenoxy) is 1. The van der Waals surface area contributed by atoms with Crippen molar-refractivity contribution in [2.24, 2.45) is 0 Å². The third-order valence-corrected chi connectivity index (χ3v) is 2.90. The molecule has 0 radical (unpaired) electrons. The van der Waals surface area contributed by atoms with E-state index in [1.165, 1.54) is 0 Å². The zero-order chi connectivity index (χ0) is 11.3. The van der Waals surface area contributed by atoms with Crippen molar-refractivity contribution in [1.29, 1.82) is 0 Å². The topological polar surface area (TPSA) is 41.6 Å². The lowest BCUT2D eigenvalue weighted by atomic mass is 10.2. The van der Waals surface area contributed by atoms with E-state index >= 15 is 0 Å². The van der Waals surface area contributed by atoms with Gasteiger partial charge in [-0.05, 0) is 26.7 Å². The molecular weight excluding hydrogens is 192 g/mol. The fourth-order valence-electron chi connectivity index (χ4n) is 1.69. The van der Waals surface area contributed by atoms with Gasteiger partial charge in [0.05, 0.1) is 12.1 Å². The lowest BCUT2D eigenvalue weighted by molar-refractivity contribution is -0.131. The number of hydrogen-bond acceptors (Lipinski definition) is 3. The second-order valence-electron chi connectivity index (χ2n) is 4.12. The minimum Gasteiger partial charge on any atom is -0.377 e. The molecule has 1 heterocycles. The molecule has 1 N–H and O–H groups in total. The summed E-state index contributed by atoms with van der Waals surface area (Å²) in [5, 5.41) is 3.22. The standard InChI is InChI=1S/C11H22N2O2/c1-4-13(3)11(14)9(2)12-8-10-6-5-7-15-10/h9-10,12H,4-8H2,1-3H3. The molecule has 4 nitrogen and oxygen atoms in total. The highest BCUT2D eigenvalue weighted by atomic mass is 16.5. The molecule has 2 unspecified atom stereocenters. The van der Waals surface area contributed by atoms with Crippen LogP contribution in [0.5, 0.6) is 0 Å². The number of nitrogens with one attached hydrogen (secondary N) is 1. The van der Waals surface area contributed by atoms with E-state index in [-0.39, 0.29) is 11.9 Å². The Bertz CT molecular complexity index is 203. The van der Waals surface area contributed by atoms with Gasteiger partial charge in [-0.15, -0.1) is 0 Å². The molecule has 1 saturated heterocycles. The van der Waals surface area contributed by atoms with Crippen LogP contribution < -0.4 is 5.32 Å². The van der Waals surface area contributed by atoms with Gasteiger partial charge in [-0.1, -0.05) is 0 Å². The number of carbonyl (C=O) groups excluding carboxylic acids is 1. The fourth-order valence-corrected chi connectivity index (χ4v) is 1.69. The third-order valence-electron chi connectivity index (χ3n) is 2.90. The summed E-state index contributed by atoms with van der Waals surface area (Å²) in [6.45, 7) is 6.28. The number of likely N-dealkylation sites (N-methyl/N-ethyl adjacent to an activating group) is 1. The van der Waals surface area contributed by atoms with Crippen molar-refractivity contribution in [3.8, 4) is 0 Å². The lowest BCUT2D eigenvalue weighted by Crippen LogP contribution is -2.45. The summed E-state index contributed by atoms with van der Waals surface area (Å²) in [5.74, 6) is 0.149. The van der Waals surface area contributed by atoms with Crippen LogP contribution in [0.2, 0.25) is 0 Å². The van der Waals surface area contributed by atoms with Crippen LogP contribution in [0.1, 0.15) is 26.7 Å². The third kappa shape index (κ3) is 3.80. The Labute approximate surface area is 92.0 Å². The summed E-state index contributed by atoms with van der Waals surface area (Å²) in [6.07, 6.45) is 2.55. The van der Waals surface area contributed by atoms with Gasteiger partial charge in [-0.2, -0.15) is 0 Å². The van der Waals surface area contributed by atoms with Gasteiger partial charge in [0.25, 0.3) is 0 Å². The Hall–Kier alpha value is -0.610. The van der Waals surface area contributed by atoms with Crippen LogP contribution >= 0.6 is 0 Å². The molecule has 2 atom stereocenters. The molecule has 0 bridgehead atoms. The van der Waals surface area contributed by atoms with Gasteiger partial charge in [-0.25, -0.2) is 0 Å². The van der Waals surface area contributed by atoms with E-state index in [2.05, 4.69) is 5.32 Å². The first-order valence-electron chi connectivity index (χ1n) is 5.75. The Morgan fingerprint density at radius 1 is 1.67 bits per heavy atom. The first-order chi connectivity index (χ1) is 7.15. The number of amides is 1. The number of hydrogen-bond donors (Lipinski definition) is 1. The Morgan fingerprint density at radius 3 is 2.93 bits per heavy atom. The van der Waals surface area contributed by atoms with Gasteiger partial charge in [0.2, 0.25) is 5.91 Å². The van der Waals surface area contributed by atoms with E-state index in [0.29, 0.717) is 6.10 Å². The molecule has 0 aromatic carbocycles. The Balaban J connectivity index is 2.22. The van der Waals surface area contributed by atoms with Gasteiger partial charge in [0, 0.05) is 26.7 Å². The van der Waals surface area contributed by atoms with Crippen molar-refractivity contribution in [1.82, 2.24) is 10.2 Å². The first kappa shape index (κ1) is 12.5. The van der Waals surface area contributed by atoms with Crippen LogP contribution in [0.4, 0.5) is 0 Å². The van der Waals surface area contributed by atoms with Crippen molar-refractivity contribution in [2.75, 3.05) is 26.7 Å². The smallest absolute Gasteiger partial charge is 0.239 e. The minimum atomic E-state index is -0.112. The highest BCUT2D eigenvalue weighted by Gasteiger charge is 2.19. The molecule has 88 valence electrons. The quantitative estimate of drug-likeness (QED) is 0.729. The molecule has 1 fully saturated rings. The van der Waals surface area contributed by atoms with Crippen LogP contribution in [0.15, 0.2) is 0 Å². The monoisotopic (exact) mass is 214 g/mol. The van der Waals surface area contributed by atoms with E-state index in [1.807, 2.05) is 20.9 Å². The highest BCUT2D eigenvalue weighted by Crippen LogP contribution is 2.10. The summed E-state index contributed by atoms with van der Waals surface area (Å²) in [4.78, 5) is 13.4. The van der Waals surface area contributed by atoms with E-state index < -0.39 is 0 Å². The predicted octanol–water partition coefficient (Wildman–Crippen LogP) is 0.622. The second kappa shape index (κ2) is 6.08. The van der Waals surface area contributed by atoms with Crippen LogP contribution in [-0.4, -0.2) is 49.7 Å². The minimum absolute atomic E-state index is 0.112. The maximum atomic E-state index is 11.7. The molecule has 0 aliphatic carbocycles. The van der Waals surface area contributed by atoms with E-state index in [0.717, 1.165) is 32.5 Å². The maximum Gasteiger partial charge on any atom is 0.239 e. The first-order valence-corrected chi connectivity index (χ1v) is 5.75. The van der Waals surface area contributed by atoms with Crippen molar-refractivity contribution in [2.45, 2.75) is 38.8 Å². The summed E-state index contributed by atoms with van der Waals surface area (Å²) in [7, 11) is 1.83. The number of carbonyl (C=O) groups is 1. The molecule has 4 heteroatoms. The molecule has 0 saturated carbocycles. The lowest BCUT2D eigenvalue weighted by Gasteiger charge is -2.21. The van der Waals surface area contributed by atoms with Gasteiger partial charge >= 0.3 is 0 Å². The predicted molar refractivity (Wildman–Crippen MR) is 59.7 cm³/mol. The summed E-state index contributed by atoms with van der Waals surface area (Å²) in [5.41, 5.74) is 0. The zero-order valence-electron chi connectivity index (χ0n) is 9.95. The van der Waals surface area contributed by atoms with Crippen molar-refractivity contribution in [3.63, 3.8) is 0 Å². The molecule has 0 spiro atoms. The molecule has 1 aliphatic heterocycles. The molecular formula is C11H22N2O2. The summed E-state index contributed by atoms with van der Waals surface area (Å²) >= 11 is 0. The van der Waals surface area contributed by atoms with Crippen LogP contribution in [0.3, 0.4) is 0 Å². The van der Waals surface area contributed by atoms with Crippen molar-refractivity contribution >= 4 is 5.91 Å². The zero-order valence-corrected chi connectivity index (χ0v) is 9.95. The summed E-state index contributed by atoms with van der Waals surface area (Å²) in [6, 6.07) is -0.112. The van der Waals surface area contributed by atoms with Gasteiger partial charge in [0.1, 0.15) is 0 Å². The SMILES string of the molecule is CCN(C)C(=O)C(C)NCC1CCCO1. The molecule has 1 rings (SSSR count). The Kier molecular flexibility index (Phi) is 5.05. The molecule has 0 aromatic rings. The molecule has 0 aromatic heterocycles. The van der Waals surface area contributed by atoms with Crippen LogP contribution in [-0.2, 0) is 9.53 Å². The van der Waals surface area contributed by atoms with Gasteiger partial charge in [-0.3, -0.25) is 4.79 Å². The average molecular weight is 214 g/mol. The second-order valence-corrected chi connectivity index (χ2v) is 4.12. The van der Waals surface area contributed by atoms with Crippen molar-refractivity contribution in [3.05, 3.63) is 0 Å². The van der Waals surface area contributed by atoms with Gasteiger partial charge in [0.15, 0.2) is 0 Å². The molecule has 15 heavy (non-hydrogen) atoms. The maximum absolute atomic E-state index is 11.7. The normalized spacial score (nSPS) is 22.7. The Morgan fingerprint density at radius 2 is 2.40 bits per heavy atom. The highest BCUT2D eigenvalue weighted by molar-refractivity contribution is 5.81. The van der Waals surface area contributed by atoms with E-state index in [1.54, 1.807) is 4.90 Å². The molecule has 1 amide bonds. The van der Waals surface area contributed by atoms with Crippen LogP contribution in [0.25, 0.3) is 0 Å². The average Bonchev–Trinajstić information content (AvgIpc) is 2.76. The summed E-state index contributed by atoms with van der Waals surface area (Å²) < 4.78 is 5.48. The number of rotatable bonds is 5. The van der Waals surface area contributed by atoms with E-state index in [9.17, 15) is 4.79 Å². The van der Waals surface area contributed by atoms with Gasteiger partial charge < -0.3 is 15.0 Å². The van der Waals surface area contributed by atoms with E-state index in [4.69, 9.17) is 4.74 Å². The largest absolute Gasteiger partial charge is 0.377 e. The fraction of sp³-hybridized carbons (Fsp3) is 0.909.